The number of halogens is 2. The molecule has 1 aromatic carbocycles. The van der Waals surface area contributed by atoms with Crippen molar-refractivity contribution in [2.24, 2.45) is 10.9 Å². The van der Waals surface area contributed by atoms with Crippen LogP contribution in [0.15, 0.2) is 23.2 Å². The molecule has 22 heavy (non-hydrogen) atoms. The van der Waals surface area contributed by atoms with Crippen molar-refractivity contribution in [2.75, 3.05) is 0 Å². The average Bonchev–Trinajstić information content (AvgIpc) is 3.25. The van der Waals surface area contributed by atoms with Crippen molar-refractivity contribution < 1.29 is 4.79 Å². The zero-order valence-corrected chi connectivity index (χ0v) is 14.7. The summed E-state index contributed by atoms with van der Waals surface area (Å²) in [6.45, 7) is 5.06. The summed E-state index contributed by atoms with van der Waals surface area (Å²) in [5.41, 5.74) is 1.52. The van der Waals surface area contributed by atoms with Crippen molar-refractivity contribution in [1.29, 1.82) is 0 Å². The number of hydrogen-bond acceptors (Lipinski definition) is 2. The Morgan fingerprint density at radius 2 is 2.09 bits per heavy atom. The van der Waals surface area contributed by atoms with Crippen molar-refractivity contribution in [3.8, 4) is 0 Å². The maximum atomic E-state index is 12.4. The van der Waals surface area contributed by atoms with Gasteiger partial charge in [-0.25, -0.2) is 0 Å². The molecule has 2 aromatic rings. The molecule has 0 saturated heterocycles. The number of amides is 1. The molecule has 1 fully saturated rings. The van der Waals surface area contributed by atoms with Crippen LogP contribution >= 0.6 is 34.5 Å². The highest BCUT2D eigenvalue weighted by Crippen LogP contribution is 2.31. The molecule has 0 radical (unpaired) electrons. The van der Waals surface area contributed by atoms with Crippen molar-refractivity contribution >= 4 is 40.4 Å². The molecule has 0 bridgehead atoms. The SMILES string of the molecule is Cc1sc(=NC(=O)c2cc(Cl)ccc2Cl)n(CC2CC2)c1C. The van der Waals surface area contributed by atoms with Crippen molar-refractivity contribution in [3.63, 3.8) is 0 Å². The van der Waals surface area contributed by atoms with Gasteiger partial charge in [0.2, 0.25) is 0 Å². The summed E-state index contributed by atoms with van der Waals surface area (Å²) in [4.78, 5) is 18.7. The van der Waals surface area contributed by atoms with Gasteiger partial charge in [0, 0.05) is 22.1 Å². The number of benzene rings is 1. The van der Waals surface area contributed by atoms with E-state index in [2.05, 4.69) is 23.4 Å². The Bertz CT molecular complexity index is 803. The third kappa shape index (κ3) is 3.29. The lowest BCUT2D eigenvalue weighted by molar-refractivity contribution is 0.0998. The Kier molecular flexibility index (Phi) is 4.44. The normalized spacial score (nSPS) is 15.4. The van der Waals surface area contributed by atoms with Crippen molar-refractivity contribution in [3.05, 3.63) is 49.2 Å². The van der Waals surface area contributed by atoms with Gasteiger partial charge in [-0.2, -0.15) is 4.99 Å². The summed E-state index contributed by atoms with van der Waals surface area (Å²) in [6.07, 6.45) is 2.52. The van der Waals surface area contributed by atoms with Crippen LogP contribution < -0.4 is 4.80 Å². The minimum absolute atomic E-state index is 0.343. The molecular formula is C16H16Cl2N2OS. The molecule has 1 saturated carbocycles. The summed E-state index contributed by atoms with van der Waals surface area (Å²) in [6, 6.07) is 4.84. The van der Waals surface area contributed by atoms with Crippen LogP contribution in [-0.4, -0.2) is 10.5 Å². The lowest BCUT2D eigenvalue weighted by atomic mass is 10.2. The maximum Gasteiger partial charge on any atom is 0.281 e. The first kappa shape index (κ1) is 15.8. The first-order valence-corrected chi connectivity index (χ1v) is 8.74. The number of aryl methyl sites for hydroxylation is 1. The summed E-state index contributed by atoms with van der Waals surface area (Å²) in [7, 11) is 0. The van der Waals surface area contributed by atoms with Crippen molar-refractivity contribution in [2.45, 2.75) is 33.2 Å². The first-order valence-electron chi connectivity index (χ1n) is 7.16. The van der Waals surface area contributed by atoms with Crippen molar-refractivity contribution in [1.82, 2.24) is 4.57 Å². The quantitative estimate of drug-likeness (QED) is 0.791. The summed E-state index contributed by atoms with van der Waals surface area (Å²) in [5, 5.41) is 0.851. The molecule has 1 aliphatic carbocycles. The lowest BCUT2D eigenvalue weighted by Crippen LogP contribution is -2.19. The highest BCUT2D eigenvalue weighted by Gasteiger charge is 2.23. The highest BCUT2D eigenvalue weighted by molar-refractivity contribution is 7.09. The van der Waals surface area contributed by atoms with Gasteiger partial charge >= 0.3 is 0 Å². The number of rotatable bonds is 3. The zero-order valence-electron chi connectivity index (χ0n) is 12.4. The third-order valence-electron chi connectivity index (χ3n) is 3.88. The molecule has 0 spiro atoms. The van der Waals surface area contributed by atoms with Gasteiger partial charge in [-0.1, -0.05) is 23.2 Å². The summed E-state index contributed by atoms with van der Waals surface area (Å²) >= 11 is 13.6. The largest absolute Gasteiger partial charge is 0.320 e. The molecule has 1 aliphatic rings. The topological polar surface area (TPSA) is 34.4 Å². The number of hydrogen-bond donors (Lipinski definition) is 0. The number of carbonyl (C=O) groups excluding carboxylic acids is 1. The van der Waals surface area contributed by atoms with Gasteiger partial charge in [0.15, 0.2) is 4.80 Å². The number of aromatic nitrogens is 1. The Hall–Kier alpha value is -1.10. The van der Waals surface area contributed by atoms with E-state index in [1.54, 1.807) is 29.5 Å². The lowest BCUT2D eigenvalue weighted by Gasteiger charge is -2.05. The minimum atomic E-state index is -0.349. The second-order valence-electron chi connectivity index (χ2n) is 5.62. The van der Waals surface area contributed by atoms with Gasteiger partial charge < -0.3 is 4.57 Å². The summed E-state index contributed by atoms with van der Waals surface area (Å²) in [5.74, 6) is 0.370. The second-order valence-corrected chi connectivity index (χ2v) is 7.65. The number of thiazole rings is 1. The summed E-state index contributed by atoms with van der Waals surface area (Å²) < 4.78 is 2.15. The van der Waals surface area contributed by atoms with Crippen LogP contribution in [0.25, 0.3) is 0 Å². The van der Waals surface area contributed by atoms with Crippen LogP contribution in [0.3, 0.4) is 0 Å². The van der Waals surface area contributed by atoms with E-state index in [9.17, 15) is 4.79 Å². The van der Waals surface area contributed by atoms with E-state index in [0.717, 1.165) is 17.3 Å². The molecule has 1 heterocycles. The smallest absolute Gasteiger partial charge is 0.281 e. The fraction of sp³-hybridized carbons (Fsp3) is 0.375. The standard InChI is InChI=1S/C16H16Cl2N2OS/c1-9-10(2)22-16(20(9)8-11-3-4-11)19-15(21)13-7-12(17)5-6-14(13)18/h5-7,11H,3-4,8H2,1-2H3. The highest BCUT2D eigenvalue weighted by atomic mass is 35.5. The maximum absolute atomic E-state index is 12.4. The fourth-order valence-electron chi connectivity index (χ4n) is 2.26. The molecule has 6 heteroatoms. The number of nitrogens with zero attached hydrogens (tertiary/aromatic N) is 2. The second kappa shape index (κ2) is 6.19. The van der Waals surface area contributed by atoms with Gasteiger partial charge in [-0.3, -0.25) is 4.79 Å². The average molecular weight is 355 g/mol. The predicted octanol–water partition coefficient (Wildman–Crippen LogP) is 4.62. The van der Waals surface area contributed by atoms with Crippen LogP contribution in [0.4, 0.5) is 0 Å². The van der Waals surface area contributed by atoms with Crippen LogP contribution in [0.2, 0.25) is 10.0 Å². The Morgan fingerprint density at radius 1 is 1.36 bits per heavy atom. The molecule has 0 unspecified atom stereocenters. The molecule has 0 atom stereocenters. The molecule has 3 rings (SSSR count). The number of carbonyl (C=O) groups is 1. The van der Waals surface area contributed by atoms with Gasteiger partial charge in [-0.05, 0) is 50.8 Å². The molecule has 116 valence electrons. The van der Waals surface area contributed by atoms with Crippen LogP contribution in [0.5, 0.6) is 0 Å². The monoisotopic (exact) mass is 354 g/mol. The van der Waals surface area contributed by atoms with Crippen LogP contribution in [0.1, 0.15) is 33.8 Å². The molecule has 0 N–H and O–H groups in total. The predicted molar refractivity (Wildman–Crippen MR) is 90.9 cm³/mol. The molecule has 1 amide bonds. The van der Waals surface area contributed by atoms with E-state index < -0.39 is 0 Å². The van der Waals surface area contributed by atoms with E-state index >= 15 is 0 Å². The Morgan fingerprint density at radius 3 is 2.77 bits per heavy atom. The third-order valence-corrected chi connectivity index (χ3v) is 5.54. The van der Waals surface area contributed by atoms with E-state index in [1.807, 2.05) is 0 Å². The zero-order chi connectivity index (χ0) is 15.9. The van der Waals surface area contributed by atoms with E-state index in [0.29, 0.717) is 15.6 Å². The van der Waals surface area contributed by atoms with Gasteiger partial charge in [0.05, 0.1) is 10.6 Å². The Balaban J connectivity index is 2.02. The minimum Gasteiger partial charge on any atom is -0.320 e. The van der Waals surface area contributed by atoms with E-state index in [4.69, 9.17) is 23.2 Å². The molecule has 1 aromatic heterocycles. The van der Waals surface area contributed by atoms with Gasteiger partial charge in [0.1, 0.15) is 0 Å². The van der Waals surface area contributed by atoms with Gasteiger partial charge in [0.25, 0.3) is 5.91 Å². The molecular weight excluding hydrogens is 339 g/mol. The fourth-order valence-corrected chi connectivity index (χ4v) is 3.62. The Labute approximate surface area is 143 Å². The van der Waals surface area contributed by atoms with E-state index in [1.165, 1.54) is 23.4 Å². The van der Waals surface area contributed by atoms with Crippen LogP contribution in [-0.2, 0) is 6.54 Å². The van der Waals surface area contributed by atoms with Crippen LogP contribution in [0, 0.1) is 19.8 Å². The van der Waals surface area contributed by atoms with Gasteiger partial charge in [-0.15, -0.1) is 11.3 Å². The molecule has 3 nitrogen and oxygen atoms in total. The first-order chi connectivity index (χ1) is 10.5. The van der Waals surface area contributed by atoms with E-state index in [-0.39, 0.29) is 5.91 Å². The molecule has 0 aliphatic heterocycles.